The third kappa shape index (κ3) is 3.06. The molecule has 0 saturated carbocycles. The number of hydrogen-bond donors (Lipinski definition) is 3. The fourth-order valence-corrected chi connectivity index (χ4v) is 2.41. The number of imidazole rings is 1. The third-order valence-corrected chi connectivity index (χ3v) is 3.77. The molecule has 3 N–H and O–H groups in total. The van der Waals surface area contributed by atoms with E-state index in [1.54, 1.807) is 0 Å². The molecule has 0 aliphatic carbocycles. The number of benzene rings is 2. The lowest BCUT2D eigenvalue weighted by Crippen LogP contribution is -2.18. The van der Waals surface area contributed by atoms with E-state index in [4.69, 9.17) is 0 Å². The van der Waals surface area contributed by atoms with Gasteiger partial charge in [-0.15, -0.1) is 0 Å². The minimum absolute atomic E-state index is 0.164. The molecule has 1 atom stereocenters. The van der Waals surface area contributed by atoms with Crippen molar-refractivity contribution in [1.82, 2.24) is 15.3 Å². The van der Waals surface area contributed by atoms with Crippen LogP contribution >= 0.6 is 0 Å². The molecule has 4 heteroatoms. The van der Waals surface area contributed by atoms with E-state index in [0.717, 1.165) is 23.1 Å². The van der Waals surface area contributed by atoms with Crippen molar-refractivity contribution in [2.24, 2.45) is 0 Å². The van der Waals surface area contributed by atoms with Crippen LogP contribution in [0.5, 0.6) is 0 Å². The molecule has 0 spiro atoms. The number of aromatic amines is 2. The second kappa shape index (κ2) is 5.58. The van der Waals surface area contributed by atoms with Crippen molar-refractivity contribution in [2.45, 2.75) is 26.4 Å². The van der Waals surface area contributed by atoms with E-state index in [1.807, 2.05) is 18.2 Å². The second-order valence-electron chi connectivity index (χ2n) is 5.47. The Kier molecular flexibility index (Phi) is 3.62. The molecule has 0 aliphatic rings. The number of H-pyrrole nitrogens is 2. The zero-order valence-electron chi connectivity index (χ0n) is 12.2. The molecule has 0 saturated heterocycles. The molecule has 108 valence electrons. The molecule has 0 amide bonds. The largest absolute Gasteiger partial charge is 0.323 e. The summed E-state index contributed by atoms with van der Waals surface area (Å²) in [5.41, 5.74) is 5.22. The van der Waals surface area contributed by atoms with Crippen LogP contribution in [0.25, 0.3) is 11.0 Å². The summed E-state index contributed by atoms with van der Waals surface area (Å²) >= 11 is 0. The predicted molar refractivity (Wildman–Crippen MR) is 85.4 cm³/mol. The summed E-state index contributed by atoms with van der Waals surface area (Å²) in [6, 6.07) is 14.7. The van der Waals surface area contributed by atoms with Gasteiger partial charge in [0.1, 0.15) is 0 Å². The van der Waals surface area contributed by atoms with E-state index in [0.29, 0.717) is 0 Å². The SMILES string of the molecule is Cc1ccc(CNC(C)c2ccc3[nH]c(=O)[nH]c3c2)cc1. The molecule has 2 aromatic carbocycles. The minimum atomic E-state index is -0.164. The highest BCUT2D eigenvalue weighted by Gasteiger charge is 2.07. The lowest BCUT2D eigenvalue weighted by molar-refractivity contribution is 0.575. The van der Waals surface area contributed by atoms with Gasteiger partial charge in [0, 0.05) is 12.6 Å². The number of hydrogen-bond acceptors (Lipinski definition) is 2. The Labute approximate surface area is 123 Å². The molecule has 1 unspecified atom stereocenters. The molecule has 0 aliphatic heterocycles. The molecule has 21 heavy (non-hydrogen) atoms. The zero-order valence-corrected chi connectivity index (χ0v) is 12.2. The van der Waals surface area contributed by atoms with Gasteiger partial charge < -0.3 is 15.3 Å². The summed E-state index contributed by atoms with van der Waals surface area (Å²) in [5, 5.41) is 3.50. The van der Waals surface area contributed by atoms with Gasteiger partial charge in [-0.2, -0.15) is 0 Å². The minimum Gasteiger partial charge on any atom is -0.306 e. The van der Waals surface area contributed by atoms with Crippen molar-refractivity contribution in [3.05, 3.63) is 69.6 Å². The average molecular weight is 281 g/mol. The zero-order chi connectivity index (χ0) is 14.8. The fourth-order valence-electron chi connectivity index (χ4n) is 2.41. The lowest BCUT2D eigenvalue weighted by Gasteiger charge is -2.14. The van der Waals surface area contributed by atoms with E-state index in [-0.39, 0.29) is 11.7 Å². The van der Waals surface area contributed by atoms with Crippen LogP contribution in [0, 0.1) is 6.92 Å². The monoisotopic (exact) mass is 281 g/mol. The van der Waals surface area contributed by atoms with Crippen LogP contribution in [0.1, 0.15) is 29.7 Å². The number of aryl methyl sites for hydroxylation is 1. The Bertz CT molecular complexity index is 799. The Balaban J connectivity index is 1.72. The molecular weight excluding hydrogens is 262 g/mol. The molecule has 0 fully saturated rings. The van der Waals surface area contributed by atoms with Crippen LogP contribution in [-0.4, -0.2) is 9.97 Å². The highest BCUT2D eigenvalue weighted by atomic mass is 16.1. The number of rotatable bonds is 4. The Hall–Kier alpha value is -2.33. The molecule has 1 heterocycles. The van der Waals surface area contributed by atoms with Crippen LogP contribution in [0.2, 0.25) is 0 Å². The van der Waals surface area contributed by atoms with Gasteiger partial charge in [0.25, 0.3) is 0 Å². The van der Waals surface area contributed by atoms with Crippen molar-refractivity contribution < 1.29 is 0 Å². The smallest absolute Gasteiger partial charge is 0.306 e. The Morgan fingerprint density at radius 2 is 1.76 bits per heavy atom. The van der Waals surface area contributed by atoms with Gasteiger partial charge in [-0.1, -0.05) is 35.9 Å². The van der Waals surface area contributed by atoms with Crippen molar-refractivity contribution in [3.8, 4) is 0 Å². The standard InChI is InChI=1S/C17H19N3O/c1-11-3-5-13(6-4-11)10-18-12(2)14-7-8-15-16(9-14)20-17(21)19-15/h3-9,12,18H,10H2,1-2H3,(H2,19,20,21). The summed E-state index contributed by atoms with van der Waals surface area (Å²) in [6.07, 6.45) is 0. The van der Waals surface area contributed by atoms with E-state index in [1.165, 1.54) is 11.1 Å². The highest BCUT2D eigenvalue weighted by Crippen LogP contribution is 2.17. The van der Waals surface area contributed by atoms with Gasteiger partial charge >= 0.3 is 5.69 Å². The van der Waals surface area contributed by atoms with Crippen LogP contribution < -0.4 is 11.0 Å². The maximum Gasteiger partial charge on any atom is 0.323 e. The molecule has 4 nitrogen and oxygen atoms in total. The summed E-state index contributed by atoms with van der Waals surface area (Å²) < 4.78 is 0. The lowest BCUT2D eigenvalue weighted by atomic mass is 10.1. The van der Waals surface area contributed by atoms with Crippen LogP contribution in [0.4, 0.5) is 0 Å². The maximum absolute atomic E-state index is 11.3. The van der Waals surface area contributed by atoms with Crippen LogP contribution in [-0.2, 0) is 6.54 Å². The van der Waals surface area contributed by atoms with E-state index < -0.39 is 0 Å². The summed E-state index contributed by atoms with van der Waals surface area (Å²) in [6.45, 7) is 5.04. The van der Waals surface area contributed by atoms with Gasteiger partial charge in [0.05, 0.1) is 11.0 Å². The first kappa shape index (κ1) is 13.6. The molecular formula is C17H19N3O. The quantitative estimate of drug-likeness (QED) is 0.688. The maximum atomic E-state index is 11.3. The Morgan fingerprint density at radius 1 is 1.05 bits per heavy atom. The van der Waals surface area contributed by atoms with Crippen molar-refractivity contribution in [2.75, 3.05) is 0 Å². The average Bonchev–Trinajstić information content (AvgIpc) is 2.85. The van der Waals surface area contributed by atoms with E-state index in [2.05, 4.69) is 53.4 Å². The van der Waals surface area contributed by atoms with Crippen LogP contribution in [0.15, 0.2) is 47.3 Å². The van der Waals surface area contributed by atoms with Gasteiger partial charge in [-0.25, -0.2) is 4.79 Å². The number of aromatic nitrogens is 2. The number of fused-ring (bicyclic) bond motifs is 1. The molecule has 3 rings (SSSR count). The second-order valence-corrected chi connectivity index (χ2v) is 5.47. The molecule has 0 radical (unpaired) electrons. The summed E-state index contributed by atoms with van der Waals surface area (Å²) in [5.74, 6) is 0. The van der Waals surface area contributed by atoms with Crippen molar-refractivity contribution in [3.63, 3.8) is 0 Å². The summed E-state index contributed by atoms with van der Waals surface area (Å²) in [7, 11) is 0. The Morgan fingerprint density at radius 3 is 2.52 bits per heavy atom. The first-order valence-corrected chi connectivity index (χ1v) is 7.13. The van der Waals surface area contributed by atoms with Gasteiger partial charge in [-0.3, -0.25) is 0 Å². The van der Waals surface area contributed by atoms with E-state index in [9.17, 15) is 4.79 Å². The first-order chi connectivity index (χ1) is 10.1. The first-order valence-electron chi connectivity index (χ1n) is 7.13. The normalized spacial score (nSPS) is 12.7. The predicted octanol–water partition coefficient (Wildman–Crippen LogP) is 3.02. The van der Waals surface area contributed by atoms with Crippen molar-refractivity contribution in [1.29, 1.82) is 0 Å². The van der Waals surface area contributed by atoms with E-state index >= 15 is 0 Å². The third-order valence-electron chi connectivity index (χ3n) is 3.77. The van der Waals surface area contributed by atoms with Crippen LogP contribution in [0.3, 0.4) is 0 Å². The van der Waals surface area contributed by atoms with Crippen molar-refractivity contribution >= 4 is 11.0 Å². The molecule has 3 aromatic rings. The fraction of sp³-hybridized carbons (Fsp3) is 0.235. The molecule has 1 aromatic heterocycles. The van der Waals surface area contributed by atoms with Gasteiger partial charge in [0.2, 0.25) is 0 Å². The molecule has 0 bridgehead atoms. The van der Waals surface area contributed by atoms with Gasteiger partial charge in [0.15, 0.2) is 0 Å². The topological polar surface area (TPSA) is 60.7 Å². The summed E-state index contributed by atoms with van der Waals surface area (Å²) in [4.78, 5) is 16.8. The highest BCUT2D eigenvalue weighted by molar-refractivity contribution is 5.75. The number of nitrogens with one attached hydrogen (secondary N) is 3. The van der Waals surface area contributed by atoms with Gasteiger partial charge in [-0.05, 0) is 37.1 Å².